The van der Waals surface area contributed by atoms with E-state index in [-0.39, 0.29) is 5.56 Å². The SMILES string of the molecule is CCNCc1ccc(C)cc1-c1c(F)ccc(C)c1F. The van der Waals surface area contributed by atoms with E-state index in [4.69, 9.17) is 0 Å². The highest BCUT2D eigenvalue weighted by Crippen LogP contribution is 2.31. The van der Waals surface area contributed by atoms with Gasteiger partial charge in [0.15, 0.2) is 0 Å². The Labute approximate surface area is 118 Å². The van der Waals surface area contributed by atoms with Gasteiger partial charge in [-0.3, -0.25) is 0 Å². The predicted molar refractivity (Wildman–Crippen MR) is 78.6 cm³/mol. The molecule has 0 bridgehead atoms. The van der Waals surface area contributed by atoms with Crippen molar-refractivity contribution >= 4 is 0 Å². The lowest BCUT2D eigenvalue weighted by atomic mass is 9.95. The highest BCUT2D eigenvalue weighted by Gasteiger charge is 2.16. The van der Waals surface area contributed by atoms with Crippen molar-refractivity contribution in [3.63, 3.8) is 0 Å². The highest BCUT2D eigenvalue weighted by atomic mass is 19.1. The van der Waals surface area contributed by atoms with Crippen LogP contribution in [0.1, 0.15) is 23.6 Å². The van der Waals surface area contributed by atoms with Gasteiger partial charge in [-0.1, -0.05) is 36.8 Å². The molecule has 1 nitrogen and oxygen atoms in total. The van der Waals surface area contributed by atoms with E-state index in [1.54, 1.807) is 6.92 Å². The molecule has 0 atom stereocenters. The van der Waals surface area contributed by atoms with Gasteiger partial charge >= 0.3 is 0 Å². The van der Waals surface area contributed by atoms with E-state index in [0.29, 0.717) is 17.7 Å². The molecule has 2 aromatic rings. The van der Waals surface area contributed by atoms with E-state index in [9.17, 15) is 8.78 Å². The summed E-state index contributed by atoms with van der Waals surface area (Å²) in [6, 6.07) is 8.52. The quantitative estimate of drug-likeness (QED) is 0.874. The Balaban J connectivity index is 2.62. The number of hydrogen-bond acceptors (Lipinski definition) is 1. The smallest absolute Gasteiger partial charge is 0.136 e. The van der Waals surface area contributed by atoms with E-state index < -0.39 is 11.6 Å². The van der Waals surface area contributed by atoms with Gasteiger partial charge in [0.05, 0.1) is 5.56 Å². The number of rotatable bonds is 4. The fraction of sp³-hybridized carbons (Fsp3) is 0.294. The summed E-state index contributed by atoms with van der Waals surface area (Å²) in [5.74, 6) is -0.996. The molecule has 0 radical (unpaired) electrons. The lowest BCUT2D eigenvalue weighted by Crippen LogP contribution is -2.13. The molecule has 0 amide bonds. The summed E-state index contributed by atoms with van der Waals surface area (Å²) in [6.07, 6.45) is 0. The van der Waals surface area contributed by atoms with Gasteiger partial charge in [0.1, 0.15) is 11.6 Å². The maximum absolute atomic E-state index is 14.3. The molecule has 20 heavy (non-hydrogen) atoms. The van der Waals surface area contributed by atoms with Gasteiger partial charge in [-0.25, -0.2) is 8.78 Å². The summed E-state index contributed by atoms with van der Waals surface area (Å²) in [5.41, 5.74) is 3.05. The first-order valence-electron chi connectivity index (χ1n) is 6.79. The summed E-state index contributed by atoms with van der Waals surface area (Å²) in [4.78, 5) is 0. The van der Waals surface area contributed by atoms with Crippen molar-refractivity contribution in [2.75, 3.05) is 6.54 Å². The van der Waals surface area contributed by atoms with Crippen LogP contribution in [0.3, 0.4) is 0 Å². The number of nitrogens with one attached hydrogen (secondary N) is 1. The summed E-state index contributed by atoms with van der Waals surface area (Å²) < 4.78 is 28.4. The maximum Gasteiger partial charge on any atom is 0.136 e. The predicted octanol–water partition coefficient (Wildman–Crippen LogP) is 4.36. The van der Waals surface area contributed by atoms with Crippen molar-refractivity contribution in [1.29, 1.82) is 0 Å². The Morgan fingerprint density at radius 1 is 1.05 bits per heavy atom. The van der Waals surface area contributed by atoms with Gasteiger partial charge in [-0.2, -0.15) is 0 Å². The molecule has 0 aliphatic carbocycles. The van der Waals surface area contributed by atoms with Crippen molar-refractivity contribution in [2.24, 2.45) is 0 Å². The average molecular weight is 275 g/mol. The molecule has 0 fully saturated rings. The van der Waals surface area contributed by atoms with Gasteiger partial charge in [-0.15, -0.1) is 0 Å². The molecule has 1 N–H and O–H groups in total. The van der Waals surface area contributed by atoms with Crippen LogP contribution < -0.4 is 5.32 Å². The van der Waals surface area contributed by atoms with E-state index >= 15 is 0 Å². The van der Waals surface area contributed by atoms with Crippen molar-refractivity contribution in [3.05, 3.63) is 58.7 Å². The fourth-order valence-corrected chi connectivity index (χ4v) is 2.24. The minimum Gasteiger partial charge on any atom is -0.313 e. The lowest BCUT2D eigenvalue weighted by molar-refractivity contribution is 0.583. The Bertz CT molecular complexity index is 621. The molecular weight excluding hydrogens is 256 g/mol. The van der Waals surface area contributed by atoms with Gasteiger partial charge in [0.25, 0.3) is 0 Å². The summed E-state index contributed by atoms with van der Waals surface area (Å²) in [7, 11) is 0. The van der Waals surface area contributed by atoms with E-state index in [2.05, 4.69) is 5.32 Å². The van der Waals surface area contributed by atoms with Crippen LogP contribution in [0.5, 0.6) is 0 Å². The Morgan fingerprint density at radius 3 is 2.50 bits per heavy atom. The van der Waals surface area contributed by atoms with Crippen LogP contribution in [0.4, 0.5) is 8.78 Å². The zero-order valence-corrected chi connectivity index (χ0v) is 12.1. The molecular formula is C17H19F2N. The summed E-state index contributed by atoms with van der Waals surface area (Å²) in [6.45, 7) is 6.98. The fourth-order valence-electron chi connectivity index (χ4n) is 2.24. The van der Waals surface area contributed by atoms with Gasteiger partial charge in [0.2, 0.25) is 0 Å². The Morgan fingerprint density at radius 2 is 1.80 bits per heavy atom. The molecule has 0 aliphatic heterocycles. The molecule has 0 saturated heterocycles. The van der Waals surface area contributed by atoms with Gasteiger partial charge < -0.3 is 5.32 Å². The van der Waals surface area contributed by atoms with Crippen molar-refractivity contribution < 1.29 is 8.78 Å². The number of benzene rings is 2. The van der Waals surface area contributed by atoms with Crippen molar-refractivity contribution in [1.82, 2.24) is 5.32 Å². The standard InChI is InChI=1S/C17H19F2N/c1-4-20-10-13-7-5-11(2)9-14(13)16-15(18)8-6-12(3)17(16)19/h5-9,20H,4,10H2,1-3H3. The van der Waals surface area contributed by atoms with Gasteiger partial charge in [-0.05, 0) is 43.1 Å². The van der Waals surface area contributed by atoms with E-state index in [1.807, 2.05) is 32.0 Å². The third-order valence-electron chi connectivity index (χ3n) is 3.38. The third kappa shape index (κ3) is 2.88. The first-order valence-corrected chi connectivity index (χ1v) is 6.79. The molecule has 0 heterocycles. The number of halogens is 2. The van der Waals surface area contributed by atoms with Crippen LogP contribution in [-0.2, 0) is 6.54 Å². The minimum absolute atomic E-state index is 0.0709. The topological polar surface area (TPSA) is 12.0 Å². The summed E-state index contributed by atoms with van der Waals surface area (Å²) >= 11 is 0. The molecule has 0 saturated carbocycles. The normalized spacial score (nSPS) is 10.8. The second-order valence-electron chi connectivity index (χ2n) is 4.99. The molecule has 0 aliphatic rings. The van der Waals surface area contributed by atoms with Crippen LogP contribution >= 0.6 is 0 Å². The van der Waals surface area contributed by atoms with Crippen LogP contribution in [0.15, 0.2) is 30.3 Å². The second-order valence-corrected chi connectivity index (χ2v) is 4.99. The van der Waals surface area contributed by atoms with Crippen LogP contribution in [0.2, 0.25) is 0 Å². The Kier molecular flexibility index (Phi) is 4.50. The first-order chi connectivity index (χ1) is 9.54. The van der Waals surface area contributed by atoms with Crippen molar-refractivity contribution in [3.8, 4) is 11.1 Å². The minimum atomic E-state index is -0.517. The monoisotopic (exact) mass is 275 g/mol. The molecule has 2 rings (SSSR count). The lowest BCUT2D eigenvalue weighted by Gasteiger charge is -2.14. The van der Waals surface area contributed by atoms with Crippen LogP contribution in [-0.4, -0.2) is 6.54 Å². The third-order valence-corrected chi connectivity index (χ3v) is 3.38. The molecule has 0 spiro atoms. The zero-order chi connectivity index (χ0) is 14.7. The van der Waals surface area contributed by atoms with Crippen LogP contribution in [0.25, 0.3) is 11.1 Å². The first kappa shape index (κ1) is 14.7. The molecule has 0 unspecified atom stereocenters. The maximum atomic E-state index is 14.3. The molecule has 2 aromatic carbocycles. The summed E-state index contributed by atoms with van der Waals surface area (Å²) in [5, 5.41) is 3.20. The highest BCUT2D eigenvalue weighted by molar-refractivity contribution is 5.70. The molecule has 3 heteroatoms. The second kappa shape index (κ2) is 6.14. The largest absolute Gasteiger partial charge is 0.313 e. The van der Waals surface area contributed by atoms with Gasteiger partial charge in [0, 0.05) is 6.54 Å². The van der Waals surface area contributed by atoms with E-state index in [0.717, 1.165) is 17.7 Å². The van der Waals surface area contributed by atoms with Crippen LogP contribution in [0, 0.1) is 25.5 Å². The average Bonchev–Trinajstić information content (AvgIpc) is 2.42. The number of hydrogen-bond donors (Lipinski definition) is 1. The molecule has 0 aromatic heterocycles. The number of aryl methyl sites for hydroxylation is 2. The van der Waals surface area contributed by atoms with Crippen molar-refractivity contribution in [2.45, 2.75) is 27.3 Å². The molecule has 106 valence electrons. The van der Waals surface area contributed by atoms with E-state index in [1.165, 1.54) is 12.1 Å². The zero-order valence-electron chi connectivity index (χ0n) is 12.1. The Hall–Kier alpha value is -1.74.